The van der Waals surface area contributed by atoms with Gasteiger partial charge in [-0.1, -0.05) is 0 Å². The van der Waals surface area contributed by atoms with Crippen LogP contribution in [0, 0.1) is 0 Å². The van der Waals surface area contributed by atoms with E-state index in [1.165, 1.54) is 12.4 Å². The van der Waals surface area contributed by atoms with Gasteiger partial charge in [-0.3, -0.25) is 4.68 Å². The maximum absolute atomic E-state index is 12.7. The molecule has 5 nitrogen and oxygen atoms in total. The summed E-state index contributed by atoms with van der Waals surface area (Å²) in [5.74, 6) is -0.666. The van der Waals surface area contributed by atoms with Crippen LogP contribution in [-0.2, 0) is 18.0 Å². The summed E-state index contributed by atoms with van der Waals surface area (Å²) in [4.78, 5) is 11.9. The normalized spacial score (nSPS) is 11.7. The SMILES string of the molecule is CCOC(=O)c1c(-c2cc(C(F)(F)F)nn2C)csc1N. The lowest BCUT2D eigenvalue weighted by Crippen LogP contribution is -2.08. The minimum absolute atomic E-state index is 0.0681. The molecule has 0 radical (unpaired) electrons. The van der Waals surface area contributed by atoms with E-state index in [2.05, 4.69) is 5.10 Å². The number of rotatable bonds is 3. The molecule has 0 bridgehead atoms. The van der Waals surface area contributed by atoms with Crippen LogP contribution in [0.3, 0.4) is 0 Å². The number of halogens is 3. The number of esters is 1. The minimum atomic E-state index is -4.55. The fraction of sp³-hybridized carbons (Fsp3) is 0.333. The largest absolute Gasteiger partial charge is 0.462 e. The van der Waals surface area contributed by atoms with Gasteiger partial charge in [0.15, 0.2) is 5.69 Å². The van der Waals surface area contributed by atoms with E-state index in [4.69, 9.17) is 10.5 Å². The first-order valence-electron chi connectivity index (χ1n) is 5.91. The van der Waals surface area contributed by atoms with Gasteiger partial charge in [-0.25, -0.2) is 4.79 Å². The van der Waals surface area contributed by atoms with Gasteiger partial charge in [0, 0.05) is 18.0 Å². The summed E-state index contributed by atoms with van der Waals surface area (Å²) in [6, 6.07) is 0.879. The molecule has 0 fully saturated rings. The predicted octanol–water partition coefficient (Wildman–Crippen LogP) is 2.93. The second-order valence-corrected chi connectivity index (χ2v) is 5.06. The number of alkyl halides is 3. The molecule has 21 heavy (non-hydrogen) atoms. The molecular formula is C12H12F3N3O2S. The summed E-state index contributed by atoms with van der Waals surface area (Å²) in [5.41, 5.74) is 5.19. The molecule has 0 saturated heterocycles. The van der Waals surface area contributed by atoms with Crippen molar-refractivity contribution in [3.05, 3.63) is 22.7 Å². The van der Waals surface area contributed by atoms with Gasteiger partial charge in [0.25, 0.3) is 0 Å². The van der Waals surface area contributed by atoms with E-state index < -0.39 is 17.8 Å². The number of anilines is 1. The van der Waals surface area contributed by atoms with Crippen LogP contribution in [0.2, 0.25) is 0 Å². The van der Waals surface area contributed by atoms with Gasteiger partial charge >= 0.3 is 12.1 Å². The third kappa shape index (κ3) is 2.87. The van der Waals surface area contributed by atoms with Crippen LogP contribution in [0.4, 0.5) is 18.2 Å². The monoisotopic (exact) mass is 319 g/mol. The summed E-state index contributed by atoms with van der Waals surface area (Å²) in [7, 11) is 1.37. The first-order valence-corrected chi connectivity index (χ1v) is 6.79. The average molecular weight is 319 g/mol. The molecular weight excluding hydrogens is 307 g/mol. The Labute approximate surface area is 122 Å². The number of hydrogen-bond donors (Lipinski definition) is 1. The van der Waals surface area contributed by atoms with Crippen molar-refractivity contribution in [2.24, 2.45) is 7.05 Å². The molecule has 0 spiro atoms. The summed E-state index contributed by atoms with van der Waals surface area (Å²) in [6.07, 6.45) is -4.55. The number of nitrogens with two attached hydrogens (primary N) is 1. The molecule has 2 aromatic rings. The van der Waals surface area contributed by atoms with Gasteiger partial charge in [-0.15, -0.1) is 11.3 Å². The number of carbonyl (C=O) groups excluding carboxylic acids is 1. The zero-order chi connectivity index (χ0) is 15.8. The van der Waals surface area contributed by atoms with Crippen LogP contribution in [-0.4, -0.2) is 22.4 Å². The van der Waals surface area contributed by atoms with Gasteiger partial charge in [-0.05, 0) is 13.0 Å². The van der Waals surface area contributed by atoms with Crippen LogP contribution in [0.25, 0.3) is 11.3 Å². The number of ether oxygens (including phenoxy) is 1. The van der Waals surface area contributed by atoms with Crippen molar-refractivity contribution in [2.45, 2.75) is 13.1 Å². The molecule has 0 saturated carbocycles. The van der Waals surface area contributed by atoms with Crippen LogP contribution in [0.5, 0.6) is 0 Å². The molecule has 0 atom stereocenters. The third-order valence-corrected chi connectivity index (χ3v) is 3.56. The lowest BCUT2D eigenvalue weighted by atomic mass is 10.1. The molecule has 2 aromatic heterocycles. The van der Waals surface area contributed by atoms with E-state index in [-0.39, 0.29) is 28.4 Å². The van der Waals surface area contributed by atoms with Crippen molar-refractivity contribution in [1.29, 1.82) is 0 Å². The smallest absolute Gasteiger partial charge is 0.435 e. The average Bonchev–Trinajstić information content (AvgIpc) is 2.92. The van der Waals surface area contributed by atoms with E-state index in [1.54, 1.807) is 6.92 Å². The zero-order valence-corrected chi connectivity index (χ0v) is 12.0. The molecule has 0 aliphatic carbocycles. The molecule has 0 aliphatic rings. The Morgan fingerprint density at radius 2 is 2.19 bits per heavy atom. The van der Waals surface area contributed by atoms with Crippen molar-refractivity contribution in [2.75, 3.05) is 12.3 Å². The quantitative estimate of drug-likeness (QED) is 0.883. The van der Waals surface area contributed by atoms with Crippen molar-refractivity contribution >= 4 is 22.3 Å². The highest BCUT2D eigenvalue weighted by molar-refractivity contribution is 7.14. The van der Waals surface area contributed by atoms with E-state index >= 15 is 0 Å². The topological polar surface area (TPSA) is 70.1 Å². The fourth-order valence-corrected chi connectivity index (χ4v) is 2.63. The Bertz CT molecular complexity index is 676. The molecule has 0 amide bonds. The Kier molecular flexibility index (Phi) is 3.95. The highest BCUT2D eigenvalue weighted by Gasteiger charge is 2.35. The van der Waals surface area contributed by atoms with Gasteiger partial charge in [0.2, 0.25) is 0 Å². The Hall–Kier alpha value is -2.03. The first-order chi connectivity index (χ1) is 9.75. The second kappa shape index (κ2) is 5.40. The van der Waals surface area contributed by atoms with E-state index in [9.17, 15) is 18.0 Å². The number of carbonyl (C=O) groups is 1. The van der Waals surface area contributed by atoms with Gasteiger partial charge in [-0.2, -0.15) is 18.3 Å². The lowest BCUT2D eigenvalue weighted by Gasteiger charge is -2.05. The van der Waals surface area contributed by atoms with Gasteiger partial charge in [0.1, 0.15) is 10.6 Å². The fourth-order valence-electron chi connectivity index (χ4n) is 1.83. The Balaban J connectivity index is 2.53. The summed E-state index contributed by atoms with van der Waals surface area (Å²) in [6.45, 7) is 1.78. The van der Waals surface area contributed by atoms with Crippen molar-refractivity contribution in [3.8, 4) is 11.3 Å². The van der Waals surface area contributed by atoms with E-state index in [0.29, 0.717) is 0 Å². The van der Waals surface area contributed by atoms with Crippen molar-refractivity contribution in [3.63, 3.8) is 0 Å². The maximum Gasteiger partial charge on any atom is 0.435 e. The molecule has 9 heteroatoms. The maximum atomic E-state index is 12.7. The van der Waals surface area contributed by atoms with Gasteiger partial charge in [0.05, 0.1) is 12.3 Å². The lowest BCUT2D eigenvalue weighted by molar-refractivity contribution is -0.141. The highest BCUT2D eigenvalue weighted by Crippen LogP contribution is 2.37. The zero-order valence-electron chi connectivity index (χ0n) is 11.2. The molecule has 0 unspecified atom stereocenters. The van der Waals surface area contributed by atoms with Crippen LogP contribution < -0.4 is 5.73 Å². The van der Waals surface area contributed by atoms with Crippen LogP contribution in [0.1, 0.15) is 23.0 Å². The summed E-state index contributed by atoms with van der Waals surface area (Å²) < 4.78 is 44.0. The molecule has 0 aromatic carbocycles. The van der Waals surface area contributed by atoms with E-state index in [1.807, 2.05) is 0 Å². The molecule has 0 aliphatic heterocycles. The predicted molar refractivity (Wildman–Crippen MR) is 71.9 cm³/mol. The number of aryl methyl sites for hydroxylation is 1. The van der Waals surface area contributed by atoms with E-state index in [0.717, 1.165) is 22.1 Å². The third-order valence-electron chi connectivity index (χ3n) is 2.75. The second-order valence-electron chi connectivity index (χ2n) is 4.15. The van der Waals surface area contributed by atoms with Crippen LogP contribution >= 0.6 is 11.3 Å². The molecule has 2 rings (SSSR count). The standard InChI is InChI=1S/C12H12F3N3O2S/c1-3-20-11(19)9-6(5-21-10(9)16)7-4-8(12(13,14)15)17-18(7)2/h4-5H,3,16H2,1-2H3. The highest BCUT2D eigenvalue weighted by atomic mass is 32.1. The van der Waals surface area contributed by atoms with Crippen molar-refractivity contribution in [1.82, 2.24) is 9.78 Å². The van der Waals surface area contributed by atoms with Crippen molar-refractivity contribution < 1.29 is 22.7 Å². The first kappa shape index (κ1) is 15.4. The number of nitrogens with zero attached hydrogens (tertiary/aromatic N) is 2. The molecule has 114 valence electrons. The number of hydrogen-bond acceptors (Lipinski definition) is 5. The number of aromatic nitrogens is 2. The number of nitrogen functional groups attached to an aromatic ring is 1. The Morgan fingerprint density at radius 1 is 1.52 bits per heavy atom. The Morgan fingerprint density at radius 3 is 2.71 bits per heavy atom. The van der Waals surface area contributed by atoms with Crippen LogP contribution in [0.15, 0.2) is 11.4 Å². The summed E-state index contributed by atoms with van der Waals surface area (Å²) >= 11 is 1.06. The molecule has 2 heterocycles. The van der Waals surface area contributed by atoms with Gasteiger partial charge < -0.3 is 10.5 Å². The summed E-state index contributed by atoms with van der Waals surface area (Å²) in [5, 5.41) is 5.12. The number of thiophene rings is 1. The minimum Gasteiger partial charge on any atom is -0.462 e. The molecule has 2 N–H and O–H groups in total.